The number of aliphatic carboxylic acids is 1. The molecule has 0 saturated carbocycles. The van der Waals surface area contributed by atoms with E-state index in [1.165, 1.54) is 30.5 Å². The highest BCUT2D eigenvalue weighted by atomic mass is 32.2. The summed E-state index contributed by atoms with van der Waals surface area (Å²) in [6.07, 6.45) is 1.05. The van der Waals surface area contributed by atoms with Crippen molar-refractivity contribution in [1.29, 1.82) is 5.26 Å². The number of sulfonamides is 1. The predicted octanol–water partition coefficient (Wildman–Crippen LogP) is 1.51. The standard InChI is InChI=1S/C13H11N3O4S2/c14-8-9-2-1-3-10(6-9)22(19,20)16-11(7-12(17)18)13-15-4-5-21-13/h1-6,11,16H,7H2,(H,17,18). The van der Waals surface area contributed by atoms with Crippen LogP contribution >= 0.6 is 11.3 Å². The Morgan fingerprint density at radius 3 is 2.86 bits per heavy atom. The van der Waals surface area contributed by atoms with Crippen LogP contribution in [0, 0.1) is 11.3 Å². The fourth-order valence-electron chi connectivity index (χ4n) is 1.75. The lowest BCUT2D eigenvalue weighted by Crippen LogP contribution is -2.30. The minimum atomic E-state index is -3.96. The topological polar surface area (TPSA) is 120 Å². The Balaban J connectivity index is 2.31. The van der Waals surface area contributed by atoms with E-state index in [4.69, 9.17) is 10.4 Å². The fraction of sp³-hybridized carbons (Fsp3) is 0.154. The monoisotopic (exact) mass is 337 g/mol. The van der Waals surface area contributed by atoms with Gasteiger partial charge in [0.1, 0.15) is 5.01 Å². The maximum Gasteiger partial charge on any atom is 0.305 e. The molecule has 0 aliphatic heterocycles. The number of rotatable bonds is 6. The molecule has 1 aromatic carbocycles. The molecule has 1 atom stereocenters. The number of nitrogens with one attached hydrogen (secondary N) is 1. The van der Waals surface area contributed by atoms with E-state index in [1.807, 2.05) is 6.07 Å². The summed E-state index contributed by atoms with van der Waals surface area (Å²) >= 11 is 1.16. The molecular formula is C13H11N3O4S2. The summed E-state index contributed by atoms with van der Waals surface area (Å²) in [5.74, 6) is -1.14. The number of carbonyl (C=O) groups is 1. The molecule has 0 saturated heterocycles. The first-order valence-electron chi connectivity index (χ1n) is 6.06. The molecule has 0 aliphatic rings. The van der Waals surface area contributed by atoms with Crippen molar-refractivity contribution in [1.82, 2.24) is 9.71 Å². The predicted molar refractivity (Wildman–Crippen MR) is 78.6 cm³/mol. The zero-order valence-electron chi connectivity index (χ0n) is 11.1. The Hall–Kier alpha value is -2.28. The van der Waals surface area contributed by atoms with E-state index < -0.39 is 28.5 Å². The van der Waals surface area contributed by atoms with E-state index >= 15 is 0 Å². The first kappa shape index (κ1) is 16.1. The number of carboxylic acid groups (broad SMARTS) is 1. The molecule has 0 radical (unpaired) electrons. The highest BCUT2D eigenvalue weighted by Gasteiger charge is 2.25. The number of benzene rings is 1. The van der Waals surface area contributed by atoms with Crippen molar-refractivity contribution < 1.29 is 18.3 Å². The molecule has 0 amide bonds. The average molecular weight is 337 g/mol. The van der Waals surface area contributed by atoms with E-state index in [9.17, 15) is 13.2 Å². The molecule has 1 aromatic heterocycles. The largest absolute Gasteiger partial charge is 0.481 e. The van der Waals surface area contributed by atoms with Gasteiger partial charge in [-0.1, -0.05) is 6.07 Å². The van der Waals surface area contributed by atoms with Gasteiger partial charge in [-0.05, 0) is 18.2 Å². The van der Waals surface area contributed by atoms with E-state index in [-0.39, 0.29) is 10.5 Å². The summed E-state index contributed by atoms with van der Waals surface area (Å²) in [6, 6.07) is 6.38. The highest BCUT2D eigenvalue weighted by molar-refractivity contribution is 7.89. The van der Waals surface area contributed by atoms with Crippen LogP contribution in [0.2, 0.25) is 0 Å². The molecule has 1 heterocycles. The normalized spacial score (nSPS) is 12.5. The van der Waals surface area contributed by atoms with Crippen molar-refractivity contribution in [3.05, 3.63) is 46.4 Å². The van der Waals surface area contributed by atoms with Crippen LogP contribution in [-0.4, -0.2) is 24.5 Å². The van der Waals surface area contributed by atoms with Crippen molar-refractivity contribution >= 4 is 27.3 Å². The quantitative estimate of drug-likeness (QED) is 0.824. The third kappa shape index (κ3) is 3.88. The third-order valence-electron chi connectivity index (χ3n) is 2.70. The summed E-state index contributed by atoms with van der Waals surface area (Å²) in [5, 5.41) is 19.8. The molecule has 1 unspecified atom stereocenters. The minimum Gasteiger partial charge on any atom is -0.481 e. The second-order valence-corrected chi connectivity index (χ2v) is 6.92. The molecule has 2 rings (SSSR count). The number of carboxylic acids is 1. The molecule has 0 spiro atoms. The lowest BCUT2D eigenvalue weighted by molar-refractivity contribution is -0.137. The van der Waals surface area contributed by atoms with Gasteiger partial charge < -0.3 is 5.11 Å². The van der Waals surface area contributed by atoms with Crippen LogP contribution in [0.4, 0.5) is 0 Å². The number of nitrogens with zero attached hydrogens (tertiary/aromatic N) is 2. The average Bonchev–Trinajstić information content (AvgIpc) is 3.00. The Morgan fingerprint density at radius 2 is 2.27 bits per heavy atom. The van der Waals surface area contributed by atoms with Crippen LogP contribution in [-0.2, 0) is 14.8 Å². The summed E-state index contributed by atoms with van der Waals surface area (Å²) in [7, 11) is -3.96. The molecule has 2 N–H and O–H groups in total. The van der Waals surface area contributed by atoms with Crippen molar-refractivity contribution in [2.75, 3.05) is 0 Å². The highest BCUT2D eigenvalue weighted by Crippen LogP contribution is 2.22. The zero-order valence-corrected chi connectivity index (χ0v) is 12.8. The van der Waals surface area contributed by atoms with Crippen LogP contribution in [0.15, 0.2) is 40.7 Å². The van der Waals surface area contributed by atoms with E-state index in [1.54, 1.807) is 5.38 Å². The minimum absolute atomic E-state index is 0.0986. The Kier molecular flexibility index (Phi) is 4.87. The SMILES string of the molecule is N#Cc1cccc(S(=O)(=O)NC(CC(=O)O)c2nccs2)c1. The van der Waals surface area contributed by atoms with Gasteiger partial charge in [-0.15, -0.1) is 11.3 Å². The zero-order chi connectivity index (χ0) is 16.2. The molecule has 22 heavy (non-hydrogen) atoms. The molecule has 9 heteroatoms. The summed E-state index contributed by atoms with van der Waals surface area (Å²) in [6.45, 7) is 0. The Bertz CT molecular complexity index is 810. The van der Waals surface area contributed by atoms with Gasteiger partial charge in [-0.25, -0.2) is 18.1 Å². The number of aromatic nitrogens is 1. The molecule has 0 aliphatic carbocycles. The summed E-state index contributed by atoms with van der Waals surface area (Å²) in [5.41, 5.74) is 0.201. The first-order valence-corrected chi connectivity index (χ1v) is 8.42. The van der Waals surface area contributed by atoms with E-state index in [0.29, 0.717) is 5.01 Å². The van der Waals surface area contributed by atoms with Crippen LogP contribution in [0.5, 0.6) is 0 Å². The molecule has 7 nitrogen and oxygen atoms in total. The van der Waals surface area contributed by atoms with Gasteiger partial charge in [0.05, 0.1) is 29.0 Å². The van der Waals surface area contributed by atoms with Crippen molar-refractivity contribution in [3.8, 4) is 6.07 Å². The van der Waals surface area contributed by atoms with Crippen LogP contribution in [0.3, 0.4) is 0 Å². The molecule has 0 fully saturated rings. The van der Waals surface area contributed by atoms with Gasteiger partial charge in [-0.3, -0.25) is 4.79 Å². The second-order valence-electron chi connectivity index (χ2n) is 4.28. The van der Waals surface area contributed by atoms with Crippen molar-refractivity contribution in [2.24, 2.45) is 0 Å². The number of hydrogen-bond acceptors (Lipinski definition) is 6. The van der Waals surface area contributed by atoms with Gasteiger partial charge >= 0.3 is 5.97 Å². The first-order chi connectivity index (χ1) is 10.4. The number of thiazole rings is 1. The Labute approximate surface area is 130 Å². The van der Waals surface area contributed by atoms with Gasteiger partial charge in [-0.2, -0.15) is 5.26 Å². The number of nitriles is 1. The maximum absolute atomic E-state index is 12.4. The van der Waals surface area contributed by atoms with Gasteiger partial charge in [0, 0.05) is 11.6 Å². The van der Waals surface area contributed by atoms with Gasteiger partial charge in [0.2, 0.25) is 10.0 Å². The molecule has 2 aromatic rings. The van der Waals surface area contributed by atoms with Crippen LogP contribution in [0.1, 0.15) is 23.0 Å². The van der Waals surface area contributed by atoms with Crippen molar-refractivity contribution in [2.45, 2.75) is 17.4 Å². The molecule has 0 bridgehead atoms. The van der Waals surface area contributed by atoms with Crippen LogP contribution in [0.25, 0.3) is 0 Å². The fourth-order valence-corrected chi connectivity index (χ4v) is 3.76. The van der Waals surface area contributed by atoms with Gasteiger partial charge in [0.15, 0.2) is 0 Å². The van der Waals surface area contributed by atoms with Crippen LogP contribution < -0.4 is 4.72 Å². The smallest absolute Gasteiger partial charge is 0.305 e. The molecular weight excluding hydrogens is 326 g/mol. The van der Waals surface area contributed by atoms with E-state index in [0.717, 1.165) is 11.3 Å². The van der Waals surface area contributed by atoms with E-state index in [2.05, 4.69) is 9.71 Å². The number of hydrogen-bond donors (Lipinski definition) is 2. The second kappa shape index (κ2) is 6.65. The van der Waals surface area contributed by atoms with Gasteiger partial charge in [0.25, 0.3) is 0 Å². The third-order valence-corrected chi connectivity index (χ3v) is 5.06. The Morgan fingerprint density at radius 1 is 1.50 bits per heavy atom. The lowest BCUT2D eigenvalue weighted by Gasteiger charge is -2.15. The lowest BCUT2D eigenvalue weighted by atomic mass is 10.2. The van der Waals surface area contributed by atoms with Crippen molar-refractivity contribution in [3.63, 3.8) is 0 Å². The maximum atomic E-state index is 12.4. The summed E-state index contributed by atoms with van der Waals surface area (Å²) < 4.78 is 27.0. The molecule has 114 valence electrons. The summed E-state index contributed by atoms with van der Waals surface area (Å²) in [4.78, 5) is 14.8.